The van der Waals surface area contributed by atoms with Crippen molar-refractivity contribution in [3.05, 3.63) is 28.2 Å². The summed E-state index contributed by atoms with van der Waals surface area (Å²) in [6.07, 6.45) is 3.59. The zero-order valence-electron chi connectivity index (χ0n) is 10.6. The van der Waals surface area contributed by atoms with Gasteiger partial charge >= 0.3 is 5.97 Å². The van der Waals surface area contributed by atoms with Crippen LogP contribution in [0.1, 0.15) is 36.0 Å². The molecule has 1 saturated carbocycles. The number of aromatic carboxylic acids is 1. The van der Waals surface area contributed by atoms with Crippen LogP contribution >= 0.6 is 15.9 Å². The van der Waals surface area contributed by atoms with Crippen LogP contribution in [0.2, 0.25) is 0 Å². The molecule has 19 heavy (non-hydrogen) atoms. The van der Waals surface area contributed by atoms with Crippen LogP contribution in [0.5, 0.6) is 0 Å². The molecular weight excluding hydrogens is 310 g/mol. The third-order valence-corrected chi connectivity index (χ3v) is 4.04. The third kappa shape index (κ3) is 3.94. The first-order valence-electron chi connectivity index (χ1n) is 6.51. The second kappa shape index (κ2) is 6.39. The predicted octanol–water partition coefficient (Wildman–Crippen LogP) is 3.11. The first-order chi connectivity index (χ1) is 9.06. The molecule has 1 aliphatic rings. The van der Waals surface area contributed by atoms with E-state index in [1.807, 2.05) is 0 Å². The van der Waals surface area contributed by atoms with Gasteiger partial charge in [-0.3, -0.25) is 0 Å². The Balaban J connectivity index is 2.02. The van der Waals surface area contributed by atoms with E-state index in [2.05, 4.69) is 21.2 Å². The number of anilines is 1. The van der Waals surface area contributed by atoms with Crippen molar-refractivity contribution in [1.29, 1.82) is 0 Å². The average Bonchev–Trinajstić information content (AvgIpc) is 2.36. The van der Waals surface area contributed by atoms with Gasteiger partial charge in [0.05, 0.1) is 11.7 Å². The second-order valence-electron chi connectivity index (χ2n) is 5.06. The van der Waals surface area contributed by atoms with Crippen molar-refractivity contribution in [2.75, 3.05) is 11.9 Å². The molecule has 1 aromatic carbocycles. The van der Waals surface area contributed by atoms with Crippen molar-refractivity contribution in [3.8, 4) is 0 Å². The average molecular weight is 328 g/mol. The first kappa shape index (κ1) is 14.3. The quantitative estimate of drug-likeness (QED) is 0.794. The summed E-state index contributed by atoms with van der Waals surface area (Å²) in [4.78, 5) is 11.1. The summed E-state index contributed by atoms with van der Waals surface area (Å²) in [5, 5.41) is 22.0. The molecule has 2 atom stereocenters. The molecule has 0 aromatic heterocycles. The monoisotopic (exact) mass is 327 g/mol. The van der Waals surface area contributed by atoms with Crippen molar-refractivity contribution >= 4 is 27.6 Å². The van der Waals surface area contributed by atoms with Gasteiger partial charge in [0.1, 0.15) is 0 Å². The third-order valence-electron chi connectivity index (χ3n) is 3.55. The minimum atomic E-state index is -0.932. The van der Waals surface area contributed by atoms with Crippen molar-refractivity contribution in [2.45, 2.75) is 31.8 Å². The van der Waals surface area contributed by atoms with Gasteiger partial charge in [-0.15, -0.1) is 0 Å². The van der Waals surface area contributed by atoms with Gasteiger partial charge in [0.25, 0.3) is 0 Å². The van der Waals surface area contributed by atoms with Gasteiger partial charge in [0, 0.05) is 16.7 Å². The minimum Gasteiger partial charge on any atom is -0.478 e. The van der Waals surface area contributed by atoms with E-state index in [0.29, 0.717) is 18.2 Å². The van der Waals surface area contributed by atoms with Gasteiger partial charge in [-0.05, 0) is 43.4 Å². The second-order valence-corrected chi connectivity index (χ2v) is 5.98. The van der Waals surface area contributed by atoms with E-state index in [1.165, 1.54) is 0 Å². The zero-order valence-corrected chi connectivity index (χ0v) is 12.2. The van der Waals surface area contributed by atoms with Crippen LogP contribution in [-0.2, 0) is 0 Å². The number of halogens is 1. The van der Waals surface area contributed by atoms with E-state index in [0.717, 1.165) is 30.2 Å². The van der Waals surface area contributed by atoms with Crippen LogP contribution < -0.4 is 5.32 Å². The molecule has 104 valence electrons. The molecule has 0 aliphatic heterocycles. The van der Waals surface area contributed by atoms with E-state index in [1.54, 1.807) is 18.2 Å². The van der Waals surface area contributed by atoms with E-state index < -0.39 is 5.97 Å². The topological polar surface area (TPSA) is 69.6 Å². The molecule has 0 heterocycles. The summed E-state index contributed by atoms with van der Waals surface area (Å²) in [5.74, 6) is -0.525. The molecule has 4 nitrogen and oxygen atoms in total. The molecule has 2 rings (SSSR count). The predicted molar refractivity (Wildman–Crippen MR) is 77.6 cm³/mol. The Morgan fingerprint density at radius 1 is 1.42 bits per heavy atom. The fourth-order valence-corrected chi connectivity index (χ4v) is 2.91. The fourth-order valence-electron chi connectivity index (χ4n) is 2.55. The van der Waals surface area contributed by atoms with Gasteiger partial charge in [-0.1, -0.05) is 22.4 Å². The number of aliphatic hydroxyl groups is 1. The molecule has 5 heteroatoms. The summed E-state index contributed by atoms with van der Waals surface area (Å²) in [6, 6.07) is 5.09. The molecule has 1 aromatic rings. The molecular formula is C14H18BrNO3. The lowest BCUT2D eigenvalue weighted by Crippen LogP contribution is -2.25. The summed E-state index contributed by atoms with van der Waals surface area (Å²) in [7, 11) is 0. The van der Waals surface area contributed by atoms with Crippen LogP contribution in [0, 0.1) is 5.92 Å². The lowest BCUT2D eigenvalue weighted by Gasteiger charge is -2.26. The molecule has 2 unspecified atom stereocenters. The van der Waals surface area contributed by atoms with Crippen LogP contribution in [0.3, 0.4) is 0 Å². The highest BCUT2D eigenvalue weighted by Crippen LogP contribution is 2.26. The fraction of sp³-hybridized carbons (Fsp3) is 0.500. The standard InChI is InChI=1S/C14H18BrNO3/c15-10-4-5-12(14(18)19)13(7-10)16-8-9-2-1-3-11(17)6-9/h4-5,7,9,11,16-17H,1-3,6,8H2,(H,18,19). The van der Waals surface area contributed by atoms with E-state index in [4.69, 9.17) is 5.11 Å². The summed E-state index contributed by atoms with van der Waals surface area (Å²) in [6.45, 7) is 0.702. The zero-order chi connectivity index (χ0) is 13.8. The molecule has 0 amide bonds. The van der Waals surface area contributed by atoms with E-state index in [9.17, 15) is 9.90 Å². The van der Waals surface area contributed by atoms with Gasteiger partial charge in [-0.2, -0.15) is 0 Å². The summed E-state index contributed by atoms with van der Waals surface area (Å²) < 4.78 is 0.851. The van der Waals surface area contributed by atoms with Crippen LogP contribution in [0.25, 0.3) is 0 Å². The lowest BCUT2D eigenvalue weighted by atomic mass is 9.87. The van der Waals surface area contributed by atoms with Gasteiger partial charge < -0.3 is 15.5 Å². The van der Waals surface area contributed by atoms with Gasteiger partial charge in [0.2, 0.25) is 0 Å². The van der Waals surface area contributed by atoms with Crippen molar-refractivity contribution in [1.82, 2.24) is 0 Å². The molecule has 0 spiro atoms. The van der Waals surface area contributed by atoms with Crippen molar-refractivity contribution < 1.29 is 15.0 Å². The van der Waals surface area contributed by atoms with Crippen LogP contribution in [-0.4, -0.2) is 28.8 Å². The maximum absolute atomic E-state index is 11.1. The Hall–Kier alpha value is -1.07. The summed E-state index contributed by atoms with van der Waals surface area (Å²) >= 11 is 3.35. The first-order valence-corrected chi connectivity index (χ1v) is 7.30. The number of hydrogen-bond acceptors (Lipinski definition) is 3. The normalized spacial score (nSPS) is 23.1. The van der Waals surface area contributed by atoms with Crippen molar-refractivity contribution in [3.63, 3.8) is 0 Å². The number of rotatable bonds is 4. The number of nitrogens with one attached hydrogen (secondary N) is 1. The minimum absolute atomic E-state index is 0.206. The molecule has 0 bridgehead atoms. The van der Waals surface area contributed by atoms with E-state index >= 15 is 0 Å². The highest BCUT2D eigenvalue weighted by Gasteiger charge is 2.20. The number of aliphatic hydroxyl groups excluding tert-OH is 1. The molecule has 0 radical (unpaired) electrons. The highest BCUT2D eigenvalue weighted by atomic mass is 79.9. The maximum Gasteiger partial charge on any atom is 0.337 e. The number of carboxylic acids is 1. The molecule has 1 fully saturated rings. The number of benzene rings is 1. The van der Waals surface area contributed by atoms with Crippen molar-refractivity contribution in [2.24, 2.45) is 5.92 Å². The van der Waals surface area contributed by atoms with Gasteiger partial charge in [0.15, 0.2) is 0 Å². The summed E-state index contributed by atoms with van der Waals surface area (Å²) in [5.41, 5.74) is 0.904. The number of carbonyl (C=O) groups is 1. The Morgan fingerprint density at radius 2 is 2.21 bits per heavy atom. The number of carboxylic acid groups (broad SMARTS) is 1. The van der Waals surface area contributed by atoms with Crippen LogP contribution in [0.4, 0.5) is 5.69 Å². The Bertz CT molecular complexity index is 464. The smallest absolute Gasteiger partial charge is 0.337 e. The van der Waals surface area contributed by atoms with Gasteiger partial charge in [-0.25, -0.2) is 4.79 Å². The SMILES string of the molecule is O=C(O)c1ccc(Br)cc1NCC1CCCC(O)C1. The Labute approximate surface area is 121 Å². The van der Waals surface area contributed by atoms with Crippen LogP contribution in [0.15, 0.2) is 22.7 Å². The molecule has 3 N–H and O–H groups in total. The largest absolute Gasteiger partial charge is 0.478 e. The lowest BCUT2D eigenvalue weighted by molar-refractivity contribution is 0.0697. The maximum atomic E-state index is 11.1. The van der Waals surface area contributed by atoms with E-state index in [-0.39, 0.29) is 11.7 Å². The highest BCUT2D eigenvalue weighted by molar-refractivity contribution is 9.10. The number of hydrogen-bond donors (Lipinski definition) is 3. The Morgan fingerprint density at radius 3 is 2.89 bits per heavy atom. The Kier molecular flexibility index (Phi) is 4.82. The molecule has 1 aliphatic carbocycles. The molecule has 0 saturated heterocycles.